The van der Waals surface area contributed by atoms with Crippen molar-refractivity contribution < 1.29 is 14.3 Å². The van der Waals surface area contributed by atoms with Crippen molar-refractivity contribution in [2.45, 2.75) is 32.9 Å². The third-order valence-electron chi connectivity index (χ3n) is 2.60. The molecule has 1 amide bonds. The summed E-state index contributed by atoms with van der Waals surface area (Å²) in [4.78, 5) is 11.8. The standard InChI is InChI=1S/C14H22N2O3/c1-9(2)15-14(17)10(3)16-12-7-6-11(18-4)8-13(12)19-5/h6-10,16H,1-5H3,(H,15,17). The second-order valence-electron chi connectivity index (χ2n) is 4.60. The van der Waals surface area contributed by atoms with E-state index in [4.69, 9.17) is 9.47 Å². The fraction of sp³-hybridized carbons (Fsp3) is 0.500. The summed E-state index contributed by atoms with van der Waals surface area (Å²) in [5.74, 6) is 1.30. The number of carbonyl (C=O) groups is 1. The van der Waals surface area contributed by atoms with E-state index in [0.717, 1.165) is 5.69 Å². The first-order valence-corrected chi connectivity index (χ1v) is 6.26. The zero-order valence-electron chi connectivity index (χ0n) is 12.1. The third kappa shape index (κ3) is 4.35. The number of ether oxygens (including phenoxy) is 2. The van der Waals surface area contributed by atoms with E-state index >= 15 is 0 Å². The number of hydrogen-bond donors (Lipinski definition) is 2. The highest BCUT2D eigenvalue weighted by molar-refractivity contribution is 5.85. The van der Waals surface area contributed by atoms with E-state index < -0.39 is 0 Å². The molecule has 5 heteroatoms. The highest BCUT2D eigenvalue weighted by Gasteiger charge is 2.15. The first-order valence-electron chi connectivity index (χ1n) is 6.26. The van der Waals surface area contributed by atoms with E-state index in [2.05, 4.69) is 10.6 Å². The first kappa shape index (κ1) is 15.1. The van der Waals surface area contributed by atoms with Gasteiger partial charge in [0.15, 0.2) is 0 Å². The van der Waals surface area contributed by atoms with Crippen LogP contribution in [0.1, 0.15) is 20.8 Å². The fourth-order valence-corrected chi connectivity index (χ4v) is 1.63. The van der Waals surface area contributed by atoms with Gasteiger partial charge < -0.3 is 20.1 Å². The lowest BCUT2D eigenvalue weighted by Crippen LogP contribution is -2.41. The van der Waals surface area contributed by atoms with Gasteiger partial charge in [0.25, 0.3) is 0 Å². The molecule has 0 radical (unpaired) electrons. The largest absolute Gasteiger partial charge is 0.497 e. The minimum atomic E-state index is -0.343. The molecular weight excluding hydrogens is 244 g/mol. The zero-order valence-corrected chi connectivity index (χ0v) is 12.1. The van der Waals surface area contributed by atoms with Crippen molar-refractivity contribution in [2.75, 3.05) is 19.5 Å². The van der Waals surface area contributed by atoms with Crippen molar-refractivity contribution >= 4 is 11.6 Å². The third-order valence-corrected chi connectivity index (χ3v) is 2.60. The lowest BCUT2D eigenvalue weighted by molar-refractivity contribution is -0.122. The summed E-state index contributed by atoms with van der Waals surface area (Å²) in [6.07, 6.45) is 0. The highest BCUT2D eigenvalue weighted by Crippen LogP contribution is 2.29. The van der Waals surface area contributed by atoms with Crippen molar-refractivity contribution in [3.8, 4) is 11.5 Å². The van der Waals surface area contributed by atoms with Gasteiger partial charge in [-0.3, -0.25) is 4.79 Å². The van der Waals surface area contributed by atoms with Gasteiger partial charge in [-0.2, -0.15) is 0 Å². The number of carbonyl (C=O) groups excluding carboxylic acids is 1. The predicted molar refractivity (Wildman–Crippen MR) is 75.9 cm³/mol. The van der Waals surface area contributed by atoms with E-state index in [1.54, 1.807) is 27.2 Å². The Morgan fingerprint density at radius 3 is 2.37 bits per heavy atom. The van der Waals surface area contributed by atoms with Crippen LogP contribution >= 0.6 is 0 Å². The average molecular weight is 266 g/mol. The van der Waals surface area contributed by atoms with Crippen LogP contribution in [-0.2, 0) is 4.79 Å². The van der Waals surface area contributed by atoms with Gasteiger partial charge in [-0.15, -0.1) is 0 Å². The number of hydrogen-bond acceptors (Lipinski definition) is 4. The molecule has 0 aliphatic rings. The summed E-state index contributed by atoms with van der Waals surface area (Å²) in [6, 6.07) is 5.20. The van der Waals surface area contributed by atoms with Crippen molar-refractivity contribution in [2.24, 2.45) is 0 Å². The minimum absolute atomic E-state index is 0.0483. The number of rotatable bonds is 6. The smallest absolute Gasteiger partial charge is 0.242 e. The van der Waals surface area contributed by atoms with Crippen molar-refractivity contribution in [3.05, 3.63) is 18.2 Å². The lowest BCUT2D eigenvalue weighted by Gasteiger charge is -2.19. The number of benzene rings is 1. The Morgan fingerprint density at radius 2 is 1.84 bits per heavy atom. The quantitative estimate of drug-likeness (QED) is 0.827. The molecule has 1 rings (SSSR count). The van der Waals surface area contributed by atoms with Gasteiger partial charge in [-0.05, 0) is 32.9 Å². The van der Waals surface area contributed by atoms with Crippen LogP contribution in [0.25, 0.3) is 0 Å². The van der Waals surface area contributed by atoms with Crippen LogP contribution in [-0.4, -0.2) is 32.2 Å². The van der Waals surface area contributed by atoms with Gasteiger partial charge in [0.2, 0.25) is 5.91 Å². The second-order valence-corrected chi connectivity index (χ2v) is 4.60. The maximum absolute atomic E-state index is 11.8. The number of anilines is 1. The molecule has 19 heavy (non-hydrogen) atoms. The summed E-state index contributed by atoms with van der Waals surface area (Å²) in [5.41, 5.74) is 0.759. The monoisotopic (exact) mass is 266 g/mol. The lowest BCUT2D eigenvalue weighted by atomic mass is 10.2. The Labute approximate surface area is 114 Å². The first-order chi connectivity index (χ1) is 8.97. The average Bonchev–Trinajstić information content (AvgIpc) is 2.38. The highest BCUT2D eigenvalue weighted by atomic mass is 16.5. The number of nitrogens with one attached hydrogen (secondary N) is 2. The molecule has 106 valence electrons. The van der Waals surface area contributed by atoms with E-state index in [1.807, 2.05) is 26.0 Å². The molecule has 1 aromatic rings. The molecule has 1 aromatic carbocycles. The Hall–Kier alpha value is -1.91. The molecule has 1 unspecified atom stereocenters. The van der Waals surface area contributed by atoms with E-state index in [0.29, 0.717) is 11.5 Å². The summed E-state index contributed by atoms with van der Waals surface area (Å²) in [6.45, 7) is 5.67. The zero-order chi connectivity index (χ0) is 14.4. The van der Waals surface area contributed by atoms with E-state index in [-0.39, 0.29) is 18.0 Å². The summed E-state index contributed by atoms with van der Waals surface area (Å²) in [7, 11) is 3.18. The maximum atomic E-state index is 11.8. The Balaban J connectivity index is 2.78. The van der Waals surface area contributed by atoms with Crippen LogP contribution in [0.3, 0.4) is 0 Å². The molecule has 0 aliphatic carbocycles. The Morgan fingerprint density at radius 1 is 1.16 bits per heavy atom. The topological polar surface area (TPSA) is 59.6 Å². The van der Waals surface area contributed by atoms with Crippen LogP contribution in [0.2, 0.25) is 0 Å². The second kappa shape index (κ2) is 6.87. The van der Waals surface area contributed by atoms with Crippen molar-refractivity contribution in [1.82, 2.24) is 5.32 Å². The van der Waals surface area contributed by atoms with E-state index in [1.165, 1.54) is 0 Å². The molecule has 0 bridgehead atoms. The fourth-order valence-electron chi connectivity index (χ4n) is 1.63. The van der Waals surface area contributed by atoms with Crippen LogP contribution in [0, 0.1) is 0 Å². The van der Waals surface area contributed by atoms with Gasteiger partial charge in [-0.25, -0.2) is 0 Å². The normalized spacial score (nSPS) is 11.9. The molecule has 0 spiro atoms. The molecule has 1 atom stereocenters. The SMILES string of the molecule is COc1ccc(NC(C)C(=O)NC(C)C)c(OC)c1. The summed E-state index contributed by atoms with van der Waals surface area (Å²) < 4.78 is 10.4. The minimum Gasteiger partial charge on any atom is -0.497 e. The Kier molecular flexibility index (Phi) is 5.48. The van der Waals surface area contributed by atoms with Crippen molar-refractivity contribution in [3.63, 3.8) is 0 Å². The van der Waals surface area contributed by atoms with Gasteiger partial charge >= 0.3 is 0 Å². The molecule has 0 saturated carbocycles. The maximum Gasteiger partial charge on any atom is 0.242 e. The molecule has 0 heterocycles. The van der Waals surface area contributed by atoms with Gasteiger partial charge in [0.05, 0.1) is 19.9 Å². The van der Waals surface area contributed by atoms with Gasteiger partial charge in [-0.1, -0.05) is 0 Å². The van der Waals surface area contributed by atoms with Crippen molar-refractivity contribution in [1.29, 1.82) is 0 Å². The van der Waals surface area contributed by atoms with Crippen LogP contribution in [0.4, 0.5) is 5.69 Å². The predicted octanol–water partition coefficient (Wildman–Crippen LogP) is 2.03. The van der Waals surface area contributed by atoms with Gasteiger partial charge in [0, 0.05) is 12.1 Å². The van der Waals surface area contributed by atoms with Gasteiger partial charge in [0.1, 0.15) is 17.5 Å². The molecule has 5 nitrogen and oxygen atoms in total. The number of methoxy groups -OCH3 is 2. The molecule has 0 fully saturated rings. The summed E-state index contributed by atoms with van der Waals surface area (Å²) >= 11 is 0. The van der Waals surface area contributed by atoms with E-state index in [9.17, 15) is 4.79 Å². The molecule has 2 N–H and O–H groups in total. The molecule has 0 saturated heterocycles. The number of amides is 1. The molecule has 0 aromatic heterocycles. The summed E-state index contributed by atoms with van der Waals surface area (Å²) in [5, 5.41) is 5.98. The molecular formula is C14H22N2O3. The van der Waals surface area contributed by atoms with Crippen LogP contribution < -0.4 is 20.1 Å². The molecule has 0 aliphatic heterocycles. The van der Waals surface area contributed by atoms with Crippen LogP contribution in [0.5, 0.6) is 11.5 Å². The Bertz CT molecular complexity index is 433. The van der Waals surface area contributed by atoms with Crippen LogP contribution in [0.15, 0.2) is 18.2 Å².